The number of carboxylic acids is 1. The Kier molecular flexibility index (Phi) is 3.45. The van der Waals surface area contributed by atoms with Gasteiger partial charge >= 0.3 is 5.97 Å². The lowest BCUT2D eigenvalue weighted by atomic mass is 10.2. The molecule has 0 aliphatic carbocycles. The molecular formula is C8H13N3O2. The van der Waals surface area contributed by atoms with Crippen LogP contribution in [-0.4, -0.2) is 26.7 Å². The molecule has 0 fully saturated rings. The van der Waals surface area contributed by atoms with Gasteiger partial charge in [-0.3, -0.25) is 4.79 Å². The number of nitrogens with zero attached hydrogens (tertiary/aromatic N) is 2. The molecule has 0 saturated carbocycles. The molecule has 0 aliphatic heterocycles. The number of aromatic nitrogens is 2. The number of nitrogens with two attached hydrogens (primary N) is 1. The van der Waals surface area contributed by atoms with Gasteiger partial charge in [0.15, 0.2) is 0 Å². The van der Waals surface area contributed by atoms with E-state index in [4.69, 9.17) is 10.8 Å². The van der Waals surface area contributed by atoms with Crippen molar-refractivity contribution in [1.29, 1.82) is 0 Å². The molecule has 13 heavy (non-hydrogen) atoms. The molecular weight excluding hydrogens is 170 g/mol. The van der Waals surface area contributed by atoms with E-state index in [2.05, 4.69) is 4.98 Å². The highest BCUT2D eigenvalue weighted by Crippen LogP contribution is 1.98. The van der Waals surface area contributed by atoms with E-state index in [0.717, 1.165) is 13.0 Å². The maximum Gasteiger partial charge on any atom is 0.320 e. The minimum atomic E-state index is -0.939. The van der Waals surface area contributed by atoms with Gasteiger partial charge in [-0.2, -0.15) is 0 Å². The zero-order valence-electron chi connectivity index (χ0n) is 7.26. The average molecular weight is 183 g/mol. The molecule has 5 heteroatoms. The Bertz CT molecular complexity index is 258. The molecule has 72 valence electrons. The van der Waals surface area contributed by atoms with Crippen molar-refractivity contribution in [2.45, 2.75) is 25.4 Å². The molecule has 0 amide bonds. The monoisotopic (exact) mass is 183 g/mol. The maximum absolute atomic E-state index is 10.3. The molecule has 5 nitrogen and oxygen atoms in total. The van der Waals surface area contributed by atoms with Gasteiger partial charge in [-0.25, -0.2) is 4.98 Å². The fraction of sp³-hybridized carbons (Fsp3) is 0.500. The number of imidazole rings is 1. The molecule has 1 aromatic rings. The first kappa shape index (κ1) is 9.73. The van der Waals surface area contributed by atoms with Crippen LogP contribution < -0.4 is 5.73 Å². The minimum Gasteiger partial charge on any atom is -0.480 e. The lowest BCUT2D eigenvalue weighted by molar-refractivity contribution is -0.138. The molecule has 0 spiro atoms. The summed E-state index contributed by atoms with van der Waals surface area (Å²) in [7, 11) is 0. The van der Waals surface area contributed by atoms with Crippen molar-refractivity contribution in [2.24, 2.45) is 5.73 Å². The smallest absolute Gasteiger partial charge is 0.320 e. The van der Waals surface area contributed by atoms with Gasteiger partial charge in [-0.05, 0) is 12.8 Å². The van der Waals surface area contributed by atoms with E-state index in [0.29, 0.717) is 6.42 Å². The van der Waals surface area contributed by atoms with Gasteiger partial charge < -0.3 is 15.4 Å². The Morgan fingerprint density at radius 2 is 2.46 bits per heavy atom. The summed E-state index contributed by atoms with van der Waals surface area (Å²) >= 11 is 0. The third kappa shape index (κ3) is 3.25. The molecule has 0 unspecified atom stereocenters. The third-order valence-electron chi connectivity index (χ3n) is 1.81. The Morgan fingerprint density at radius 3 is 3.00 bits per heavy atom. The molecule has 1 atom stereocenters. The minimum absolute atomic E-state index is 0.494. The van der Waals surface area contributed by atoms with Crippen LogP contribution in [-0.2, 0) is 11.3 Å². The van der Waals surface area contributed by atoms with Crippen molar-refractivity contribution in [1.82, 2.24) is 9.55 Å². The summed E-state index contributed by atoms with van der Waals surface area (Å²) in [5, 5.41) is 8.50. The summed E-state index contributed by atoms with van der Waals surface area (Å²) in [5.74, 6) is -0.939. The van der Waals surface area contributed by atoms with Crippen molar-refractivity contribution >= 4 is 5.97 Å². The van der Waals surface area contributed by atoms with Crippen molar-refractivity contribution in [3.05, 3.63) is 18.7 Å². The SMILES string of the molecule is N[C@@H](CCCn1ccnc1)C(=O)O. The fourth-order valence-corrected chi connectivity index (χ4v) is 1.04. The standard InChI is InChI=1S/C8H13N3O2/c9-7(8(12)13)2-1-4-11-5-3-10-6-11/h3,5-7H,1-2,4,9H2,(H,12,13)/t7-/m0/s1. The summed E-state index contributed by atoms with van der Waals surface area (Å²) < 4.78 is 1.90. The zero-order valence-corrected chi connectivity index (χ0v) is 7.26. The van der Waals surface area contributed by atoms with Crippen molar-refractivity contribution in [3.8, 4) is 0 Å². The van der Waals surface area contributed by atoms with E-state index >= 15 is 0 Å². The Labute approximate surface area is 76.2 Å². The Hall–Kier alpha value is -1.36. The topological polar surface area (TPSA) is 81.1 Å². The fourth-order valence-electron chi connectivity index (χ4n) is 1.04. The van der Waals surface area contributed by atoms with Gasteiger partial charge in [0.1, 0.15) is 6.04 Å². The first-order valence-electron chi connectivity index (χ1n) is 4.14. The highest BCUT2D eigenvalue weighted by atomic mass is 16.4. The second kappa shape index (κ2) is 4.61. The first-order chi connectivity index (χ1) is 6.20. The third-order valence-corrected chi connectivity index (χ3v) is 1.81. The van der Waals surface area contributed by atoms with Crippen LogP contribution in [0.15, 0.2) is 18.7 Å². The number of rotatable bonds is 5. The van der Waals surface area contributed by atoms with Crippen molar-refractivity contribution in [2.75, 3.05) is 0 Å². The summed E-state index contributed by atoms with van der Waals surface area (Å²) in [5.41, 5.74) is 5.33. The molecule has 3 N–H and O–H groups in total. The summed E-state index contributed by atoms with van der Waals surface area (Å²) in [6.45, 7) is 0.765. The normalized spacial score (nSPS) is 12.7. The van der Waals surface area contributed by atoms with E-state index in [-0.39, 0.29) is 0 Å². The van der Waals surface area contributed by atoms with Crippen LogP contribution in [0.3, 0.4) is 0 Å². The number of aryl methyl sites for hydroxylation is 1. The van der Waals surface area contributed by atoms with Gasteiger partial charge in [0.05, 0.1) is 6.33 Å². The number of carboxylic acid groups (broad SMARTS) is 1. The molecule has 1 heterocycles. The van der Waals surface area contributed by atoms with Gasteiger partial charge in [0, 0.05) is 18.9 Å². The van der Waals surface area contributed by atoms with E-state index < -0.39 is 12.0 Å². The number of hydrogen-bond acceptors (Lipinski definition) is 3. The van der Waals surface area contributed by atoms with Crippen LogP contribution in [0.2, 0.25) is 0 Å². The van der Waals surface area contributed by atoms with E-state index in [9.17, 15) is 4.79 Å². The molecule has 0 bridgehead atoms. The van der Waals surface area contributed by atoms with Crippen molar-refractivity contribution in [3.63, 3.8) is 0 Å². The molecule has 0 radical (unpaired) electrons. The number of carbonyl (C=O) groups is 1. The quantitative estimate of drug-likeness (QED) is 0.677. The van der Waals surface area contributed by atoms with Gasteiger partial charge in [-0.15, -0.1) is 0 Å². The number of hydrogen-bond donors (Lipinski definition) is 2. The van der Waals surface area contributed by atoms with E-state index in [1.165, 1.54) is 0 Å². The molecule has 1 aromatic heterocycles. The van der Waals surface area contributed by atoms with Crippen LogP contribution in [0.5, 0.6) is 0 Å². The lowest BCUT2D eigenvalue weighted by Crippen LogP contribution is -2.30. The highest BCUT2D eigenvalue weighted by Gasteiger charge is 2.09. The number of aliphatic carboxylic acids is 1. The second-order valence-corrected chi connectivity index (χ2v) is 2.89. The van der Waals surface area contributed by atoms with Gasteiger partial charge in [-0.1, -0.05) is 0 Å². The summed E-state index contributed by atoms with van der Waals surface area (Å²) in [4.78, 5) is 14.2. The summed E-state index contributed by atoms with van der Waals surface area (Å²) in [6, 6.07) is -0.747. The van der Waals surface area contributed by atoms with Gasteiger partial charge in [0.2, 0.25) is 0 Å². The zero-order chi connectivity index (χ0) is 9.68. The largest absolute Gasteiger partial charge is 0.480 e. The van der Waals surface area contributed by atoms with E-state index in [1.54, 1.807) is 12.5 Å². The molecule has 0 saturated heterocycles. The average Bonchev–Trinajstić information content (AvgIpc) is 2.56. The Morgan fingerprint density at radius 1 is 1.69 bits per heavy atom. The molecule has 0 aliphatic rings. The summed E-state index contributed by atoms with van der Waals surface area (Å²) in [6.07, 6.45) is 6.48. The highest BCUT2D eigenvalue weighted by molar-refractivity contribution is 5.72. The van der Waals surface area contributed by atoms with Crippen LogP contribution in [0.1, 0.15) is 12.8 Å². The van der Waals surface area contributed by atoms with Crippen LogP contribution in [0, 0.1) is 0 Å². The van der Waals surface area contributed by atoms with E-state index in [1.807, 2.05) is 10.8 Å². The molecule has 0 aromatic carbocycles. The van der Waals surface area contributed by atoms with Crippen molar-refractivity contribution < 1.29 is 9.90 Å². The predicted molar refractivity (Wildman–Crippen MR) is 47.1 cm³/mol. The predicted octanol–water partition coefficient (Wildman–Crippen LogP) is 0.0752. The van der Waals surface area contributed by atoms with Crippen LogP contribution >= 0.6 is 0 Å². The van der Waals surface area contributed by atoms with Crippen LogP contribution in [0.25, 0.3) is 0 Å². The van der Waals surface area contributed by atoms with Gasteiger partial charge in [0.25, 0.3) is 0 Å². The first-order valence-corrected chi connectivity index (χ1v) is 4.14. The molecule has 1 rings (SSSR count). The second-order valence-electron chi connectivity index (χ2n) is 2.89. The lowest BCUT2D eigenvalue weighted by Gasteiger charge is -2.05. The Balaban J connectivity index is 2.18. The van der Waals surface area contributed by atoms with Crippen LogP contribution in [0.4, 0.5) is 0 Å². The maximum atomic E-state index is 10.3.